The highest BCUT2D eigenvalue weighted by atomic mass is 19.4. The molecule has 3 N–H and O–H groups in total. The number of anilines is 1. The van der Waals surface area contributed by atoms with E-state index in [1.807, 2.05) is 32.1 Å². The van der Waals surface area contributed by atoms with Gasteiger partial charge in [-0.15, -0.1) is 0 Å². The molecule has 3 atom stereocenters. The van der Waals surface area contributed by atoms with Gasteiger partial charge in [-0.1, -0.05) is 24.3 Å². The van der Waals surface area contributed by atoms with Gasteiger partial charge in [-0.2, -0.15) is 13.2 Å². The van der Waals surface area contributed by atoms with Crippen molar-refractivity contribution >= 4 is 17.9 Å². The molecule has 1 saturated carbocycles. The Bertz CT molecular complexity index is 976. The van der Waals surface area contributed by atoms with Crippen molar-refractivity contribution in [2.24, 2.45) is 28.0 Å². The summed E-state index contributed by atoms with van der Waals surface area (Å²) in [6.07, 6.45) is 7.20. The third-order valence-corrected chi connectivity index (χ3v) is 5.87. The van der Waals surface area contributed by atoms with Crippen LogP contribution in [0.2, 0.25) is 0 Å². The minimum absolute atomic E-state index is 0.0799. The van der Waals surface area contributed by atoms with E-state index in [2.05, 4.69) is 21.4 Å². The third kappa shape index (κ3) is 6.03. The van der Waals surface area contributed by atoms with Crippen LogP contribution in [0, 0.1) is 17.3 Å². The number of hydrogen-bond acceptors (Lipinski definition) is 5. The van der Waals surface area contributed by atoms with E-state index in [0.717, 1.165) is 18.6 Å². The second-order valence-electron chi connectivity index (χ2n) is 8.77. The molecule has 2 aliphatic carbocycles. The molecule has 1 amide bonds. The van der Waals surface area contributed by atoms with Crippen molar-refractivity contribution in [3.8, 4) is 0 Å². The Hall–Kier alpha value is -3.10. The molecule has 6 nitrogen and oxygen atoms in total. The molecule has 1 heterocycles. The molecular formula is C24H29F3N4O2. The zero-order chi connectivity index (χ0) is 24.2. The van der Waals surface area contributed by atoms with E-state index in [1.165, 1.54) is 0 Å². The van der Waals surface area contributed by atoms with Crippen molar-refractivity contribution in [2.45, 2.75) is 45.8 Å². The highest BCUT2D eigenvalue weighted by Gasteiger charge is 2.62. The highest BCUT2D eigenvalue weighted by molar-refractivity contribution is 5.94. The van der Waals surface area contributed by atoms with Gasteiger partial charge in [0.2, 0.25) is 5.91 Å². The van der Waals surface area contributed by atoms with E-state index in [4.69, 9.17) is 10.5 Å². The van der Waals surface area contributed by atoms with E-state index in [-0.39, 0.29) is 36.2 Å². The molecule has 33 heavy (non-hydrogen) atoms. The van der Waals surface area contributed by atoms with Gasteiger partial charge in [-0.3, -0.25) is 9.79 Å². The average Bonchev–Trinajstić information content (AvgIpc) is 3.50. The summed E-state index contributed by atoms with van der Waals surface area (Å²) in [4.78, 5) is 21.1. The monoisotopic (exact) mass is 462 g/mol. The maximum Gasteiger partial charge on any atom is 0.417 e. The van der Waals surface area contributed by atoms with Crippen molar-refractivity contribution in [3.63, 3.8) is 0 Å². The summed E-state index contributed by atoms with van der Waals surface area (Å²) >= 11 is 0. The number of halogens is 3. The molecule has 1 unspecified atom stereocenters. The van der Waals surface area contributed by atoms with E-state index >= 15 is 0 Å². The second-order valence-corrected chi connectivity index (χ2v) is 8.77. The lowest BCUT2D eigenvalue weighted by Gasteiger charge is -2.27. The number of ether oxygens (including phenoxy) is 1. The fourth-order valence-electron chi connectivity index (χ4n) is 3.89. The van der Waals surface area contributed by atoms with Crippen molar-refractivity contribution in [2.75, 3.05) is 11.9 Å². The molecule has 1 aromatic rings. The number of carbonyl (C=O) groups excluding carboxylic acids is 1. The fourth-order valence-corrected chi connectivity index (χ4v) is 3.89. The summed E-state index contributed by atoms with van der Waals surface area (Å²) in [6.45, 7) is 5.88. The van der Waals surface area contributed by atoms with Crippen molar-refractivity contribution in [1.82, 2.24) is 4.98 Å². The van der Waals surface area contributed by atoms with E-state index in [0.29, 0.717) is 24.1 Å². The number of aliphatic imine (C=N–C) groups is 1. The number of carbonyl (C=O) groups is 1. The maximum atomic E-state index is 13.0. The van der Waals surface area contributed by atoms with Gasteiger partial charge < -0.3 is 15.8 Å². The lowest BCUT2D eigenvalue weighted by molar-refractivity contribution is -0.137. The highest BCUT2D eigenvalue weighted by Crippen LogP contribution is 2.60. The number of nitrogens with two attached hydrogens (primary N) is 1. The molecule has 0 aromatic carbocycles. The number of hydrogen-bond donors (Lipinski definition) is 2. The zero-order valence-corrected chi connectivity index (χ0v) is 18.9. The Morgan fingerprint density at radius 3 is 2.70 bits per heavy atom. The standard InChI is InChI=1S/C24H29F3N4O2/c1-15(2)29-13-20(16(3)28)33-14-23(17-7-5-4-6-8-17)11-19(23)22(32)31-21-10-9-18(12-30-21)24(25,26)27/h4-7,9-10,12-13,15,17,19H,8,11,14,28H2,1-3H3,(H,30,31,32)/b20-16+,29-13?/t17?,19-,23+/m0/s1. The first-order chi connectivity index (χ1) is 15.5. The van der Waals surface area contributed by atoms with E-state index in [9.17, 15) is 18.0 Å². The quantitative estimate of drug-likeness (QED) is 0.426. The number of pyridine rings is 1. The van der Waals surface area contributed by atoms with Crippen LogP contribution >= 0.6 is 0 Å². The lowest BCUT2D eigenvalue weighted by Crippen LogP contribution is -2.28. The molecule has 0 saturated heterocycles. The number of nitrogens with one attached hydrogen (secondary N) is 1. The summed E-state index contributed by atoms with van der Waals surface area (Å²) in [6, 6.07) is 2.14. The van der Waals surface area contributed by atoms with Crippen molar-refractivity contribution in [1.29, 1.82) is 0 Å². The molecule has 0 spiro atoms. The number of alkyl halides is 3. The van der Waals surface area contributed by atoms with Crippen LogP contribution in [0.15, 0.2) is 59.1 Å². The van der Waals surface area contributed by atoms with Gasteiger partial charge in [-0.05, 0) is 51.7 Å². The molecule has 3 rings (SSSR count). The van der Waals surface area contributed by atoms with Crippen LogP contribution < -0.4 is 11.1 Å². The molecule has 2 aliphatic rings. The predicted molar refractivity (Wildman–Crippen MR) is 121 cm³/mol. The number of nitrogens with zero attached hydrogens (tertiary/aromatic N) is 2. The van der Waals surface area contributed by atoms with Crippen LogP contribution in [-0.2, 0) is 15.7 Å². The third-order valence-electron chi connectivity index (χ3n) is 5.87. The summed E-state index contributed by atoms with van der Waals surface area (Å²) in [5, 5.41) is 2.65. The van der Waals surface area contributed by atoms with Gasteiger partial charge in [0.15, 0.2) is 5.76 Å². The predicted octanol–water partition coefficient (Wildman–Crippen LogP) is 4.86. The summed E-state index contributed by atoms with van der Waals surface area (Å²) < 4.78 is 44.3. The van der Waals surface area contributed by atoms with E-state index in [1.54, 1.807) is 13.1 Å². The molecule has 1 aromatic heterocycles. The molecular weight excluding hydrogens is 433 g/mol. The van der Waals surface area contributed by atoms with Gasteiger partial charge >= 0.3 is 6.18 Å². The van der Waals surface area contributed by atoms with Gasteiger partial charge in [0.05, 0.1) is 18.4 Å². The van der Waals surface area contributed by atoms with Gasteiger partial charge in [0.1, 0.15) is 5.82 Å². The first kappa shape index (κ1) is 24.5. The zero-order valence-electron chi connectivity index (χ0n) is 18.9. The minimum Gasteiger partial charge on any atom is -0.490 e. The first-order valence-corrected chi connectivity index (χ1v) is 10.8. The molecule has 178 valence electrons. The summed E-state index contributed by atoms with van der Waals surface area (Å²) in [7, 11) is 0. The first-order valence-electron chi connectivity index (χ1n) is 10.8. The largest absolute Gasteiger partial charge is 0.490 e. The van der Waals surface area contributed by atoms with Crippen LogP contribution in [0.3, 0.4) is 0 Å². The SMILES string of the molecule is C/C(N)=C(/C=NC(C)C)OC[C@@]1(C2C=CC=CC2)C[C@H]1C(=O)Nc1ccc(C(F)(F)F)cn1. The number of rotatable bonds is 8. The van der Waals surface area contributed by atoms with E-state index < -0.39 is 17.2 Å². The Morgan fingerprint density at radius 1 is 1.39 bits per heavy atom. The van der Waals surface area contributed by atoms with Crippen molar-refractivity contribution < 1.29 is 22.7 Å². The van der Waals surface area contributed by atoms with Crippen LogP contribution in [-0.4, -0.2) is 29.8 Å². The van der Waals surface area contributed by atoms with Crippen LogP contribution in [0.25, 0.3) is 0 Å². The van der Waals surface area contributed by atoms with Gasteiger partial charge in [0.25, 0.3) is 0 Å². The Kier molecular flexibility index (Phi) is 7.29. The Balaban J connectivity index is 1.73. The number of allylic oxidation sites excluding steroid dienone is 6. The lowest BCUT2D eigenvalue weighted by atomic mass is 9.82. The van der Waals surface area contributed by atoms with Crippen LogP contribution in [0.5, 0.6) is 0 Å². The van der Waals surface area contributed by atoms with Crippen LogP contribution in [0.4, 0.5) is 19.0 Å². The molecule has 1 fully saturated rings. The van der Waals surface area contributed by atoms with Gasteiger partial charge in [0, 0.05) is 29.3 Å². The van der Waals surface area contributed by atoms with Gasteiger partial charge in [-0.25, -0.2) is 4.98 Å². The fraction of sp³-hybridized carbons (Fsp3) is 0.458. The minimum atomic E-state index is -4.48. The molecule has 0 bridgehead atoms. The molecule has 0 radical (unpaired) electrons. The van der Waals surface area contributed by atoms with Crippen molar-refractivity contribution in [3.05, 3.63) is 59.7 Å². The average molecular weight is 463 g/mol. The topological polar surface area (TPSA) is 89.6 Å². The smallest absolute Gasteiger partial charge is 0.417 e. The second kappa shape index (κ2) is 9.80. The normalized spacial score (nSPS) is 25.3. The number of amides is 1. The molecule has 9 heteroatoms. The number of aromatic nitrogens is 1. The van der Waals surface area contributed by atoms with Crippen LogP contribution in [0.1, 0.15) is 39.2 Å². The summed E-state index contributed by atoms with van der Waals surface area (Å²) in [5.74, 6) is -0.0333. The molecule has 0 aliphatic heterocycles. The maximum absolute atomic E-state index is 13.0. The Labute approximate surface area is 191 Å². The Morgan fingerprint density at radius 2 is 2.15 bits per heavy atom. The summed E-state index contributed by atoms with van der Waals surface area (Å²) in [5.41, 5.74) is 5.13.